The van der Waals surface area contributed by atoms with Crippen molar-refractivity contribution in [3.8, 4) is 0 Å². The van der Waals surface area contributed by atoms with Gasteiger partial charge in [-0.05, 0) is 31.0 Å². The number of hydrogen-bond acceptors (Lipinski definition) is 4. The fourth-order valence-electron chi connectivity index (χ4n) is 1.96. The van der Waals surface area contributed by atoms with Gasteiger partial charge in [-0.25, -0.2) is 0 Å². The van der Waals surface area contributed by atoms with Crippen molar-refractivity contribution in [3.63, 3.8) is 0 Å². The van der Waals surface area contributed by atoms with Crippen molar-refractivity contribution in [2.45, 2.75) is 23.8 Å². The lowest BCUT2D eigenvalue weighted by Crippen LogP contribution is -2.29. The van der Waals surface area contributed by atoms with Gasteiger partial charge in [0.05, 0.1) is 5.69 Å². The van der Waals surface area contributed by atoms with E-state index in [1.807, 2.05) is 4.90 Å². The lowest BCUT2D eigenvalue weighted by atomic mass is 10.2. The molecule has 2 aliphatic rings. The first-order valence-electron chi connectivity index (χ1n) is 5.52. The fourth-order valence-corrected chi connectivity index (χ4v) is 3.02. The summed E-state index contributed by atoms with van der Waals surface area (Å²) in [6.45, 7) is 0. The number of hydrogen-bond donors (Lipinski definition) is 1. The number of carbonyl (C=O) groups excluding carboxylic acids is 1. The molecule has 0 spiro atoms. The van der Waals surface area contributed by atoms with Gasteiger partial charge in [0.15, 0.2) is 0 Å². The maximum absolute atomic E-state index is 11.9. The van der Waals surface area contributed by atoms with Crippen LogP contribution in [0.3, 0.4) is 0 Å². The van der Waals surface area contributed by atoms with Crippen LogP contribution in [-0.2, 0) is 10.0 Å². The Morgan fingerprint density at radius 3 is 2.72 bits per heavy atom. The molecule has 0 unspecified atom stereocenters. The molecule has 2 N–H and O–H groups in total. The number of sulfonamides is 1. The van der Waals surface area contributed by atoms with Crippen molar-refractivity contribution < 1.29 is 13.2 Å². The molecule has 3 rings (SSSR count). The number of anilines is 1. The van der Waals surface area contributed by atoms with Gasteiger partial charge in [-0.3, -0.25) is 4.79 Å². The third-order valence-corrected chi connectivity index (χ3v) is 4.31. The predicted octanol–water partition coefficient (Wildman–Crippen LogP) is 0.485. The zero-order chi connectivity index (χ0) is 12.9. The van der Waals surface area contributed by atoms with Crippen LogP contribution in [0.1, 0.15) is 23.2 Å². The minimum absolute atomic E-state index is 0.0493. The van der Waals surface area contributed by atoms with Crippen LogP contribution in [0, 0.1) is 0 Å². The molecule has 0 bridgehead atoms. The first-order valence-corrected chi connectivity index (χ1v) is 6.96. The standard InChI is InChI=1S/C11H11N3O3S/c12-11(15)7-1-4-9-10(5-7)18(16,17)13-6-14(9)8-2-3-8/h1,4-6,8H,2-3H2,(H2,12,15). The zero-order valence-corrected chi connectivity index (χ0v) is 10.2. The largest absolute Gasteiger partial charge is 0.366 e. The highest BCUT2D eigenvalue weighted by molar-refractivity contribution is 7.90. The van der Waals surface area contributed by atoms with Crippen molar-refractivity contribution in [3.05, 3.63) is 23.8 Å². The van der Waals surface area contributed by atoms with E-state index in [1.165, 1.54) is 18.5 Å². The lowest BCUT2D eigenvalue weighted by Gasteiger charge is -2.25. The topological polar surface area (TPSA) is 92.8 Å². The van der Waals surface area contributed by atoms with E-state index in [0.29, 0.717) is 11.7 Å². The first kappa shape index (κ1) is 11.2. The fraction of sp³-hybridized carbons (Fsp3) is 0.273. The molecule has 0 aromatic heterocycles. The maximum atomic E-state index is 11.9. The molecule has 1 fully saturated rings. The molecule has 7 heteroatoms. The molecule has 1 amide bonds. The number of amides is 1. The summed E-state index contributed by atoms with van der Waals surface area (Å²) in [4.78, 5) is 13.0. The minimum atomic E-state index is -3.72. The second kappa shape index (κ2) is 3.55. The number of nitrogens with two attached hydrogens (primary N) is 1. The Morgan fingerprint density at radius 1 is 1.39 bits per heavy atom. The van der Waals surface area contributed by atoms with Crippen LogP contribution in [0.25, 0.3) is 0 Å². The van der Waals surface area contributed by atoms with E-state index in [2.05, 4.69) is 4.40 Å². The number of benzene rings is 1. The number of rotatable bonds is 2. The average molecular weight is 265 g/mol. The van der Waals surface area contributed by atoms with Crippen LogP contribution < -0.4 is 10.6 Å². The van der Waals surface area contributed by atoms with Gasteiger partial charge in [-0.15, -0.1) is 4.40 Å². The Bertz CT molecular complexity index is 662. The van der Waals surface area contributed by atoms with E-state index >= 15 is 0 Å². The van der Waals surface area contributed by atoms with Gasteiger partial charge in [-0.2, -0.15) is 8.42 Å². The SMILES string of the molecule is NC(=O)c1ccc2c(c1)S(=O)(=O)N=CN2C1CC1. The third-order valence-electron chi connectivity index (χ3n) is 3.05. The maximum Gasteiger partial charge on any atom is 0.285 e. The van der Waals surface area contributed by atoms with E-state index < -0.39 is 15.9 Å². The van der Waals surface area contributed by atoms with Crippen LogP contribution in [0.2, 0.25) is 0 Å². The Hall–Kier alpha value is -1.89. The molecule has 0 radical (unpaired) electrons. The Morgan fingerprint density at radius 2 is 2.11 bits per heavy atom. The smallest absolute Gasteiger partial charge is 0.285 e. The van der Waals surface area contributed by atoms with E-state index in [0.717, 1.165) is 12.8 Å². The molecule has 1 aliphatic carbocycles. The van der Waals surface area contributed by atoms with Gasteiger partial charge >= 0.3 is 0 Å². The van der Waals surface area contributed by atoms with E-state index in [1.54, 1.807) is 6.07 Å². The van der Waals surface area contributed by atoms with Crippen LogP contribution in [-0.4, -0.2) is 26.7 Å². The number of carbonyl (C=O) groups is 1. The molecular formula is C11H11N3O3S. The molecule has 6 nitrogen and oxygen atoms in total. The highest BCUT2D eigenvalue weighted by atomic mass is 32.2. The Labute approximate surface area is 104 Å². The summed E-state index contributed by atoms with van der Waals surface area (Å²) < 4.78 is 27.3. The molecule has 0 atom stereocenters. The lowest BCUT2D eigenvalue weighted by molar-refractivity contribution is 0.1000. The van der Waals surface area contributed by atoms with Crippen molar-refractivity contribution in [2.24, 2.45) is 10.1 Å². The molecule has 94 valence electrons. The molecule has 1 aliphatic heterocycles. The number of primary amides is 1. The summed E-state index contributed by atoms with van der Waals surface area (Å²) in [6.07, 6.45) is 3.38. The molecular weight excluding hydrogens is 254 g/mol. The van der Waals surface area contributed by atoms with E-state index in [-0.39, 0.29) is 10.5 Å². The first-order chi connectivity index (χ1) is 8.49. The van der Waals surface area contributed by atoms with Crippen LogP contribution in [0.5, 0.6) is 0 Å². The second-order valence-corrected chi connectivity index (χ2v) is 5.98. The van der Waals surface area contributed by atoms with E-state index in [4.69, 9.17) is 5.73 Å². The summed E-state index contributed by atoms with van der Waals surface area (Å²) in [5.74, 6) is -0.652. The summed E-state index contributed by atoms with van der Waals surface area (Å²) >= 11 is 0. The molecule has 1 aromatic rings. The number of nitrogens with zero attached hydrogens (tertiary/aromatic N) is 2. The predicted molar refractivity (Wildman–Crippen MR) is 66.1 cm³/mol. The average Bonchev–Trinajstić information content (AvgIpc) is 3.13. The van der Waals surface area contributed by atoms with Gasteiger partial charge in [0.1, 0.15) is 11.2 Å². The van der Waals surface area contributed by atoms with Gasteiger partial charge in [0, 0.05) is 11.6 Å². The van der Waals surface area contributed by atoms with Crippen molar-refractivity contribution in [1.82, 2.24) is 0 Å². The summed E-state index contributed by atoms with van der Waals surface area (Å²) in [6, 6.07) is 4.74. The Kier molecular flexibility index (Phi) is 2.21. The van der Waals surface area contributed by atoms with Crippen LogP contribution in [0.15, 0.2) is 27.5 Å². The van der Waals surface area contributed by atoms with Crippen LogP contribution >= 0.6 is 0 Å². The summed E-state index contributed by atoms with van der Waals surface area (Å²) in [5.41, 5.74) is 5.90. The highest BCUT2D eigenvalue weighted by Crippen LogP contribution is 2.37. The van der Waals surface area contributed by atoms with Crippen molar-refractivity contribution in [1.29, 1.82) is 0 Å². The van der Waals surface area contributed by atoms with Gasteiger partial charge in [0.25, 0.3) is 10.0 Å². The molecule has 1 aromatic carbocycles. The second-order valence-electron chi connectivity index (χ2n) is 4.38. The van der Waals surface area contributed by atoms with Gasteiger partial charge < -0.3 is 10.6 Å². The van der Waals surface area contributed by atoms with Gasteiger partial charge in [-0.1, -0.05) is 0 Å². The van der Waals surface area contributed by atoms with Crippen molar-refractivity contribution >= 4 is 28.0 Å². The normalized spacial score (nSPS) is 20.6. The van der Waals surface area contributed by atoms with Crippen LogP contribution in [0.4, 0.5) is 5.69 Å². The summed E-state index contributed by atoms with van der Waals surface area (Å²) in [7, 11) is -3.72. The molecule has 1 saturated carbocycles. The Balaban J connectivity index is 2.19. The van der Waals surface area contributed by atoms with Gasteiger partial charge in [0.2, 0.25) is 5.91 Å². The van der Waals surface area contributed by atoms with E-state index in [9.17, 15) is 13.2 Å². The zero-order valence-electron chi connectivity index (χ0n) is 9.41. The number of fused-ring (bicyclic) bond motifs is 1. The third kappa shape index (κ3) is 1.67. The molecule has 1 heterocycles. The monoisotopic (exact) mass is 265 g/mol. The quantitative estimate of drug-likeness (QED) is 0.842. The van der Waals surface area contributed by atoms with Crippen molar-refractivity contribution in [2.75, 3.05) is 4.90 Å². The highest BCUT2D eigenvalue weighted by Gasteiger charge is 2.35. The molecule has 0 saturated heterocycles. The summed E-state index contributed by atoms with van der Waals surface area (Å²) in [5, 5.41) is 0. The minimum Gasteiger partial charge on any atom is -0.366 e. The molecule has 18 heavy (non-hydrogen) atoms.